The number of hydrogen-bond donors (Lipinski definition) is 1. The van der Waals surface area contributed by atoms with Gasteiger partial charge in [-0.2, -0.15) is 0 Å². The number of rotatable bonds is 9. The molecule has 1 atom stereocenters. The molecule has 0 aliphatic carbocycles. The lowest BCUT2D eigenvalue weighted by molar-refractivity contribution is -0.385. The quantitative estimate of drug-likeness (QED) is 0.451. The molecule has 7 nitrogen and oxygen atoms in total. The number of carbonyl (C=O) groups excluding carboxylic acids is 1. The lowest BCUT2D eigenvalue weighted by Gasteiger charge is -2.17. The summed E-state index contributed by atoms with van der Waals surface area (Å²) in [6, 6.07) is 9.64. The fraction of sp³-hybridized carbons (Fsp3) is 0.409. The Morgan fingerprint density at radius 1 is 1.14 bits per heavy atom. The number of aryl methyl sites for hydroxylation is 1. The van der Waals surface area contributed by atoms with E-state index in [1.165, 1.54) is 18.2 Å². The minimum absolute atomic E-state index is 0.00265. The summed E-state index contributed by atoms with van der Waals surface area (Å²) in [6.07, 6.45) is 0.836. The summed E-state index contributed by atoms with van der Waals surface area (Å²) in [4.78, 5) is 23.5. The van der Waals surface area contributed by atoms with Crippen LogP contribution >= 0.6 is 0 Å². The van der Waals surface area contributed by atoms with Crippen molar-refractivity contribution in [2.45, 2.75) is 47.1 Å². The molecule has 0 heterocycles. The third-order valence-corrected chi connectivity index (χ3v) is 4.28. The van der Waals surface area contributed by atoms with Crippen LogP contribution in [-0.2, 0) is 0 Å². The van der Waals surface area contributed by atoms with Crippen LogP contribution in [0, 0.1) is 23.0 Å². The van der Waals surface area contributed by atoms with Gasteiger partial charge in [-0.15, -0.1) is 0 Å². The Morgan fingerprint density at radius 3 is 2.48 bits per heavy atom. The molecule has 2 aromatic rings. The molecule has 2 aromatic carbocycles. The van der Waals surface area contributed by atoms with Crippen LogP contribution in [-0.4, -0.2) is 23.5 Å². The molecule has 0 aromatic heterocycles. The minimum atomic E-state index is -0.518. The number of benzene rings is 2. The Balaban J connectivity index is 2.29. The maximum Gasteiger partial charge on any atom is 0.310 e. The summed E-state index contributed by atoms with van der Waals surface area (Å²) in [7, 11) is 0. The molecular weight excluding hydrogens is 372 g/mol. The van der Waals surface area contributed by atoms with Gasteiger partial charge >= 0.3 is 5.69 Å². The highest BCUT2D eigenvalue weighted by atomic mass is 16.6. The van der Waals surface area contributed by atoms with Crippen molar-refractivity contribution in [2.24, 2.45) is 5.92 Å². The van der Waals surface area contributed by atoms with E-state index in [1.807, 2.05) is 46.8 Å². The van der Waals surface area contributed by atoms with Crippen LogP contribution in [0.1, 0.15) is 50.0 Å². The van der Waals surface area contributed by atoms with E-state index < -0.39 is 10.8 Å². The summed E-state index contributed by atoms with van der Waals surface area (Å²) >= 11 is 0. The number of nitro benzene ring substituents is 1. The minimum Gasteiger partial charge on any atom is -0.489 e. The van der Waals surface area contributed by atoms with E-state index in [1.54, 1.807) is 6.07 Å². The van der Waals surface area contributed by atoms with Crippen LogP contribution in [0.3, 0.4) is 0 Å². The van der Waals surface area contributed by atoms with Crippen LogP contribution in [0.4, 0.5) is 11.4 Å². The Morgan fingerprint density at radius 2 is 1.86 bits per heavy atom. The molecule has 7 heteroatoms. The second-order valence-corrected chi connectivity index (χ2v) is 7.43. The van der Waals surface area contributed by atoms with Crippen LogP contribution in [0.2, 0.25) is 0 Å². The summed E-state index contributed by atoms with van der Waals surface area (Å²) in [5, 5.41) is 14.1. The zero-order valence-electron chi connectivity index (χ0n) is 17.5. The number of nitro groups is 1. The van der Waals surface area contributed by atoms with Crippen molar-refractivity contribution in [1.29, 1.82) is 0 Å². The molecule has 1 amide bonds. The highest BCUT2D eigenvalue weighted by Crippen LogP contribution is 2.31. The Kier molecular flexibility index (Phi) is 7.59. The van der Waals surface area contributed by atoms with E-state index >= 15 is 0 Å². The number of amides is 1. The van der Waals surface area contributed by atoms with Crippen molar-refractivity contribution in [3.05, 3.63) is 57.6 Å². The van der Waals surface area contributed by atoms with Gasteiger partial charge < -0.3 is 14.8 Å². The van der Waals surface area contributed by atoms with E-state index in [4.69, 9.17) is 9.47 Å². The van der Waals surface area contributed by atoms with E-state index in [2.05, 4.69) is 5.32 Å². The normalized spacial score (nSPS) is 11.8. The van der Waals surface area contributed by atoms with Crippen molar-refractivity contribution in [2.75, 3.05) is 11.9 Å². The third-order valence-electron chi connectivity index (χ3n) is 4.28. The average Bonchev–Trinajstić information content (AvgIpc) is 2.67. The molecule has 0 bridgehead atoms. The van der Waals surface area contributed by atoms with Crippen LogP contribution in [0.5, 0.6) is 11.5 Å². The molecule has 0 aliphatic rings. The standard InChI is InChI=1S/C22H28N2O5/c1-6-16(5)29-20-11-15(4)7-9-18(20)23-22(25)17-8-10-19(24(26)27)21(12-17)28-13-14(2)3/h7-12,14,16H,6,13H2,1-5H3,(H,23,25). The fourth-order valence-electron chi connectivity index (χ4n) is 2.50. The monoisotopic (exact) mass is 400 g/mol. The molecule has 0 saturated carbocycles. The van der Waals surface area contributed by atoms with Gasteiger partial charge in [0.15, 0.2) is 5.75 Å². The van der Waals surface area contributed by atoms with Gasteiger partial charge in [-0.05, 0) is 49.9 Å². The largest absolute Gasteiger partial charge is 0.489 e. The second kappa shape index (κ2) is 9.91. The number of nitrogens with zero attached hydrogens (tertiary/aromatic N) is 1. The highest BCUT2D eigenvalue weighted by molar-refractivity contribution is 6.05. The first kappa shape index (κ1) is 22.2. The molecule has 1 unspecified atom stereocenters. The predicted octanol–water partition coefficient (Wildman–Crippen LogP) is 5.37. The van der Waals surface area contributed by atoms with Crippen molar-refractivity contribution < 1.29 is 19.2 Å². The lowest BCUT2D eigenvalue weighted by atomic mass is 10.1. The first-order valence-corrected chi connectivity index (χ1v) is 9.71. The van der Waals surface area contributed by atoms with Gasteiger partial charge in [0.1, 0.15) is 5.75 Å². The zero-order valence-corrected chi connectivity index (χ0v) is 17.5. The van der Waals surface area contributed by atoms with Crippen LogP contribution < -0.4 is 14.8 Å². The lowest BCUT2D eigenvalue weighted by Crippen LogP contribution is -2.16. The second-order valence-electron chi connectivity index (χ2n) is 7.43. The number of anilines is 1. The SMILES string of the molecule is CCC(C)Oc1cc(C)ccc1NC(=O)c1ccc([N+](=O)[O-])c(OCC(C)C)c1. The molecule has 0 spiro atoms. The van der Waals surface area contributed by atoms with E-state index in [9.17, 15) is 14.9 Å². The van der Waals surface area contributed by atoms with Gasteiger partial charge in [0.05, 0.1) is 23.3 Å². The number of carbonyl (C=O) groups is 1. The van der Waals surface area contributed by atoms with Crippen molar-refractivity contribution in [3.8, 4) is 11.5 Å². The Bertz CT molecular complexity index is 880. The molecular formula is C22H28N2O5. The van der Waals surface area contributed by atoms with Gasteiger partial charge in [0.2, 0.25) is 0 Å². The summed E-state index contributed by atoms with van der Waals surface area (Å²) in [6.45, 7) is 10.1. The first-order valence-electron chi connectivity index (χ1n) is 9.71. The van der Waals surface area contributed by atoms with Gasteiger partial charge in [-0.3, -0.25) is 14.9 Å². The smallest absolute Gasteiger partial charge is 0.310 e. The number of ether oxygens (including phenoxy) is 2. The van der Waals surface area contributed by atoms with E-state index in [0.29, 0.717) is 18.0 Å². The zero-order chi connectivity index (χ0) is 21.6. The molecule has 0 fully saturated rings. The summed E-state index contributed by atoms with van der Waals surface area (Å²) in [5.41, 5.74) is 1.66. The van der Waals surface area contributed by atoms with Crippen LogP contribution in [0.25, 0.3) is 0 Å². The molecule has 1 N–H and O–H groups in total. The molecule has 156 valence electrons. The topological polar surface area (TPSA) is 90.7 Å². The van der Waals surface area contributed by atoms with Gasteiger partial charge in [0.25, 0.3) is 5.91 Å². The van der Waals surface area contributed by atoms with Crippen molar-refractivity contribution >= 4 is 17.3 Å². The number of hydrogen-bond acceptors (Lipinski definition) is 5. The van der Waals surface area contributed by atoms with E-state index in [-0.39, 0.29) is 29.0 Å². The molecule has 0 aliphatic heterocycles. The van der Waals surface area contributed by atoms with Gasteiger partial charge in [0, 0.05) is 17.7 Å². The molecule has 2 rings (SSSR count). The maximum atomic E-state index is 12.8. The molecule has 29 heavy (non-hydrogen) atoms. The van der Waals surface area contributed by atoms with Crippen molar-refractivity contribution in [3.63, 3.8) is 0 Å². The first-order chi connectivity index (χ1) is 13.7. The predicted molar refractivity (Wildman–Crippen MR) is 113 cm³/mol. The molecule has 0 radical (unpaired) electrons. The van der Waals surface area contributed by atoms with Gasteiger partial charge in [-0.25, -0.2) is 0 Å². The Labute approximate surface area is 171 Å². The summed E-state index contributed by atoms with van der Waals surface area (Å²) < 4.78 is 11.5. The fourth-order valence-corrected chi connectivity index (χ4v) is 2.50. The maximum absolute atomic E-state index is 12.8. The number of nitrogens with one attached hydrogen (secondary N) is 1. The summed E-state index contributed by atoms with van der Waals surface area (Å²) in [5.74, 6) is 0.467. The average molecular weight is 400 g/mol. The Hall–Kier alpha value is -3.09. The molecule has 0 saturated heterocycles. The third kappa shape index (κ3) is 6.20. The van der Waals surface area contributed by atoms with Gasteiger partial charge in [-0.1, -0.05) is 26.8 Å². The van der Waals surface area contributed by atoms with Crippen LogP contribution in [0.15, 0.2) is 36.4 Å². The van der Waals surface area contributed by atoms with E-state index in [0.717, 1.165) is 12.0 Å². The van der Waals surface area contributed by atoms with Crippen molar-refractivity contribution in [1.82, 2.24) is 0 Å². The highest BCUT2D eigenvalue weighted by Gasteiger charge is 2.19.